The summed E-state index contributed by atoms with van der Waals surface area (Å²) in [6.45, 7) is 7.64. The van der Waals surface area contributed by atoms with Crippen LogP contribution in [0, 0.1) is 13.8 Å². The Morgan fingerprint density at radius 3 is 2.52 bits per heavy atom. The lowest BCUT2D eigenvalue weighted by Gasteiger charge is -2.32. The molecule has 7 nitrogen and oxygen atoms in total. The van der Waals surface area contributed by atoms with Crippen molar-refractivity contribution in [2.75, 3.05) is 25.0 Å². The fourth-order valence-corrected chi connectivity index (χ4v) is 3.09. The molecule has 2 heterocycles. The second-order valence-electron chi connectivity index (χ2n) is 6.59. The largest absolute Gasteiger partial charge is 0.494 e. The minimum absolute atomic E-state index is 0.0632. The summed E-state index contributed by atoms with van der Waals surface area (Å²) in [5.74, 6) is 2.11. The molecule has 1 aliphatic heterocycles. The van der Waals surface area contributed by atoms with E-state index < -0.39 is 0 Å². The highest BCUT2D eigenvalue weighted by Gasteiger charge is 2.24. The van der Waals surface area contributed by atoms with Crippen molar-refractivity contribution in [2.45, 2.75) is 39.7 Å². The van der Waals surface area contributed by atoms with E-state index in [0.717, 1.165) is 30.0 Å². The standard InChI is InChI=1S/C20H26N4O3/c1-4-26-17-7-5-16(6-8-17)23-20(25)24-11-9-18(10-12-24)27-19-13-14(2)21-15(3)22-19/h5-8,13,18H,4,9-12H2,1-3H3,(H,23,25). The number of hydrogen-bond donors (Lipinski definition) is 1. The van der Waals surface area contributed by atoms with Gasteiger partial charge in [0.1, 0.15) is 17.7 Å². The lowest BCUT2D eigenvalue weighted by molar-refractivity contribution is 0.111. The Labute approximate surface area is 159 Å². The molecule has 1 fully saturated rings. The minimum Gasteiger partial charge on any atom is -0.494 e. The number of anilines is 1. The quantitative estimate of drug-likeness (QED) is 0.871. The Morgan fingerprint density at radius 1 is 1.19 bits per heavy atom. The van der Waals surface area contributed by atoms with Crippen LogP contribution in [-0.4, -0.2) is 46.7 Å². The van der Waals surface area contributed by atoms with Gasteiger partial charge in [0.15, 0.2) is 0 Å². The highest BCUT2D eigenvalue weighted by atomic mass is 16.5. The van der Waals surface area contributed by atoms with Gasteiger partial charge in [0.25, 0.3) is 0 Å². The number of nitrogens with one attached hydrogen (secondary N) is 1. The first-order valence-corrected chi connectivity index (χ1v) is 9.31. The number of aromatic nitrogens is 2. The van der Waals surface area contributed by atoms with Gasteiger partial charge in [-0.2, -0.15) is 4.98 Å². The number of piperidine rings is 1. The topological polar surface area (TPSA) is 76.6 Å². The van der Waals surface area contributed by atoms with Crippen molar-refractivity contribution in [2.24, 2.45) is 0 Å². The highest BCUT2D eigenvalue weighted by Crippen LogP contribution is 2.20. The van der Waals surface area contributed by atoms with Gasteiger partial charge in [-0.15, -0.1) is 0 Å². The second kappa shape index (κ2) is 8.70. The van der Waals surface area contributed by atoms with Crippen LogP contribution in [0.15, 0.2) is 30.3 Å². The molecule has 1 N–H and O–H groups in total. The van der Waals surface area contributed by atoms with Crippen LogP contribution in [0.1, 0.15) is 31.3 Å². The second-order valence-corrected chi connectivity index (χ2v) is 6.59. The molecule has 0 bridgehead atoms. The number of hydrogen-bond acceptors (Lipinski definition) is 5. The van der Waals surface area contributed by atoms with Crippen molar-refractivity contribution in [3.05, 3.63) is 41.9 Å². The minimum atomic E-state index is -0.0914. The molecule has 144 valence electrons. The van der Waals surface area contributed by atoms with Crippen LogP contribution in [0.5, 0.6) is 11.6 Å². The molecule has 0 atom stereocenters. The first-order valence-electron chi connectivity index (χ1n) is 9.31. The zero-order valence-corrected chi connectivity index (χ0v) is 16.1. The zero-order chi connectivity index (χ0) is 19.2. The van der Waals surface area contributed by atoms with Crippen LogP contribution >= 0.6 is 0 Å². The van der Waals surface area contributed by atoms with Crippen LogP contribution in [0.3, 0.4) is 0 Å². The SMILES string of the molecule is CCOc1ccc(NC(=O)N2CCC(Oc3cc(C)nc(C)n3)CC2)cc1. The van der Waals surface area contributed by atoms with Gasteiger partial charge in [-0.1, -0.05) is 0 Å². The Bertz CT molecular complexity index is 751. The summed E-state index contributed by atoms with van der Waals surface area (Å²) in [5.41, 5.74) is 1.65. The molecule has 1 aromatic heterocycles. The first-order chi connectivity index (χ1) is 13.0. The van der Waals surface area contributed by atoms with E-state index in [4.69, 9.17) is 9.47 Å². The maximum Gasteiger partial charge on any atom is 0.321 e. The third kappa shape index (κ3) is 5.32. The molecule has 1 saturated heterocycles. The predicted octanol–water partition coefficient (Wildman–Crippen LogP) is 3.57. The summed E-state index contributed by atoms with van der Waals surface area (Å²) < 4.78 is 11.4. The fraction of sp³-hybridized carbons (Fsp3) is 0.450. The van der Waals surface area contributed by atoms with Crippen molar-refractivity contribution in [3.8, 4) is 11.6 Å². The van der Waals surface area contributed by atoms with E-state index in [9.17, 15) is 4.79 Å². The fourth-order valence-electron chi connectivity index (χ4n) is 3.09. The molecule has 0 aliphatic carbocycles. The van der Waals surface area contributed by atoms with Gasteiger partial charge in [-0.25, -0.2) is 9.78 Å². The van der Waals surface area contributed by atoms with E-state index in [1.807, 2.05) is 56.0 Å². The van der Waals surface area contributed by atoms with Crippen molar-refractivity contribution < 1.29 is 14.3 Å². The Hall–Kier alpha value is -2.83. The van der Waals surface area contributed by atoms with Crippen molar-refractivity contribution in [3.63, 3.8) is 0 Å². The Kier molecular flexibility index (Phi) is 6.11. The molecular formula is C20H26N4O3. The van der Waals surface area contributed by atoms with Crippen LogP contribution in [0.25, 0.3) is 0 Å². The molecule has 1 aromatic carbocycles. The number of ether oxygens (including phenoxy) is 2. The van der Waals surface area contributed by atoms with E-state index in [1.54, 1.807) is 0 Å². The molecule has 0 spiro atoms. The number of benzene rings is 1. The lowest BCUT2D eigenvalue weighted by Crippen LogP contribution is -2.43. The number of likely N-dealkylation sites (tertiary alicyclic amines) is 1. The van der Waals surface area contributed by atoms with Gasteiger partial charge in [0.05, 0.1) is 6.61 Å². The van der Waals surface area contributed by atoms with Crippen LogP contribution in [0.4, 0.5) is 10.5 Å². The van der Waals surface area contributed by atoms with Crippen molar-refractivity contribution in [1.82, 2.24) is 14.9 Å². The average molecular weight is 370 g/mol. The summed E-state index contributed by atoms with van der Waals surface area (Å²) in [6.07, 6.45) is 1.62. The van der Waals surface area contributed by atoms with Crippen LogP contribution in [0.2, 0.25) is 0 Å². The van der Waals surface area contributed by atoms with Gasteiger partial charge in [-0.3, -0.25) is 0 Å². The molecule has 0 unspecified atom stereocenters. The summed E-state index contributed by atoms with van der Waals surface area (Å²) in [6, 6.07) is 9.15. The van der Waals surface area contributed by atoms with Gasteiger partial charge < -0.3 is 19.7 Å². The van der Waals surface area contributed by atoms with E-state index in [0.29, 0.717) is 31.4 Å². The predicted molar refractivity (Wildman–Crippen MR) is 103 cm³/mol. The maximum atomic E-state index is 12.5. The Morgan fingerprint density at radius 2 is 1.89 bits per heavy atom. The molecule has 1 aliphatic rings. The first kappa shape index (κ1) is 18.9. The van der Waals surface area contributed by atoms with Gasteiger partial charge in [-0.05, 0) is 45.0 Å². The number of aryl methyl sites for hydroxylation is 2. The number of nitrogens with zero attached hydrogens (tertiary/aromatic N) is 3. The van der Waals surface area contributed by atoms with E-state index in [1.165, 1.54) is 0 Å². The summed E-state index contributed by atoms with van der Waals surface area (Å²) in [7, 11) is 0. The van der Waals surface area contributed by atoms with Gasteiger partial charge in [0, 0.05) is 43.4 Å². The smallest absolute Gasteiger partial charge is 0.321 e. The van der Waals surface area contributed by atoms with Crippen LogP contribution in [-0.2, 0) is 0 Å². The van der Waals surface area contributed by atoms with E-state index >= 15 is 0 Å². The van der Waals surface area contributed by atoms with E-state index in [-0.39, 0.29) is 12.1 Å². The molecule has 7 heteroatoms. The highest BCUT2D eigenvalue weighted by molar-refractivity contribution is 5.89. The van der Waals surface area contributed by atoms with E-state index in [2.05, 4.69) is 15.3 Å². The molecule has 0 saturated carbocycles. The molecule has 0 radical (unpaired) electrons. The molecule has 27 heavy (non-hydrogen) atoms. The summed E-state index contributed by atoms with van der Waals surface area (Å²) in [4.78, 5) is 22.8. The third-order valence-electron chi connectivity index (χ3n) is 4.38. The number of carbonyl (C=O) groups excluding carboxylic acids is 1. The van der Waals surface area contributed by atoms with Crippen molar-refractivity contribution >= 4 is 11.7 Å². The zero-order valence-electron chi connectivity index (χ0n) is 16.1. The molecule has 2 aromatic rings. The Balaban J connectivity index is 1.48. The normalized spacial score (nSPS) is 14.7. The number of rotatable bonds is 5. The average Bonchev–Trinajstić information content (AvgIpc) is 2.63. The summed E-state index contributed by atoms with van der Waals surface area (Å²) in [5, 5.41) is 2.93. The monoisotopic (exact) mass is 370 g/mol. The number of amides is 2. The van der Waals surface area contributed by atoms with Gasteiger partial charge >= 0.3 is 6.03 Å². The van der Waals surface area contributed by atoms with Gasteiger partial charge in [0.2, 0.25) is 5.88 Å². The molecule has 2 amide bonds. The lowest BCUT2D eigenvalue weighted by atomic mass is 10.1. The summed E-state index contributed by atoms with van der Waals surface area (Å²) >= 11 is 0. The molecular weight excluding hydrogens is 344 g/mol. The van der Waals surface area contributed by atoms with Crippen LogP contribution < -0.4 is 14.8 Å². The number of carbonyl (C=O) groups is 1. The third-order valence-corrected chi connectivity index (χ3v) is 4.38. The molecule has 3 rings (SSSR count). The maximum absolute atomic E-state index is 12.5. The number of urea groups is 1. The van der Waals surface area contributed by atoms with Crippen molar-refractivity contribution in [1.29, 1.82) is 0 Å².